The second-order valence-electron chi connectivity index (χ2n) is 5.36. The zero-order valence-corrected chi connectivity index (χ0v) is 12.0. The maximum Gasteiger partial charge on any atom is 0.323 e. The van der Waals surface area contributed by atoms with Gasteiger partial charge in [-0.15, -0.1) is 0 Å². The summed E-state index contributed by atoms with van der Waals surface area (Å²) in [6.45, 7) is -0.338. The highest BCUT2D eigenvalue weighted by atomic mass is 16.5. The van der Waals surface area contributed by atoms with Gasteiger partial charge in [-0.05, 0) is 37.1 Å². The van der Waals surface area contributed by atoms with E-state index in [2.05, 4.69) is 10.1 Å². The smallest absolute Gasteiger partial charge is 0.323 e. The molecule has 1 fully saturated rings. The molecule has 0 bridgehead atoms. The summed E-state index contributed by atoms with van der Waals surface area (Å²) >= 11 is 0. The van der Waals surface area contributed by atoms with Gasteiger partial charge in [-0.2, -0.15) is 4.98 Å². The lowest BCUT2D eigenvalue weighted by Crippen LogP contribution is -2.31. The molecule has 0 saturated heterocycles. The van der Waals surface area contributed by atoms with Crippen molar-refractivity contribution in [2.75, 3.05) is 13.6 Å². The molecule has 0 spiro atoms. The van der Waals surface area contributed by atoms with Crippen molar-refractivity contribution in [3.05, 3.63) is 35.7 Å². The second kappa shape index (κ2) is 5.59. The fourth-order valence-electron chi connectivity index (χ4n) is 2.11. The van der Waals surface area contributed by atoms with Crippen LogP contribution in [0, 0.1) is 0 Å². The van der Waals surface area contributed by atoms with Crippen molar-refractivity contribution in [3.63, 3.8) is 0 Å². The van der Waals surface area contributed by atoms with E-state index in [9.17, 15) is 9.59 Å². The van der Waals surface area contributed by atoms with Gasteiger partial charge in [0.2, 0.25) is 0 Å². The first-order chi connectivity index (χ1) is 10.5. The molecule has 1 aromatic carbocycles. The maximum atomic E-state index is 12.0. The Morgan fingerprint density at radius 2 is 2.00 bits per heavy atom. The average Bonchev–Trinajstić information content (AvgIpc) is 3.23. The van der Waals surface area contributed by atoms with E-state index in [0.29, 0.717) is 17.4 Å². The highest BCUT2D eigenvalue weighted by molar-refractivity contribution is 5.96. The standard InChI is InChI=1S/C15H15N3O4/c1-18(8-12(19)20)15(21)11-6-4-10(5-7-11)14-16-13(17-22-14)9-2-3-9/h4-7,9H,2-3,8H2,1H3,(H,19,20). The van der Waals surface area contributed by atoms with E-state index < -0.39 is 5.97 Å². The van der Waals surface area contributed by atoms with Crippen LogP contribution in [0.2, 0.25) is 0 Å². The summed E-state index contributed by atoms with van der Waals surface area (Å²) in [5, 5.41) is 12.6. The molecule has 1 amide bonds. The summed E-state index contributed by atoms with van der Waals surface area (Å²) in [5.41, 5.74) is 1.14. The summed E-state index contributed by atoms with van der Waals surface area (Å²) in [5.74, 6) is 0.184. The minimum atomic E-state index is -1.05. The Morgan fingerprint density at radius 1 is 1.32 bits per heavy atom. The lowest BCUT2D eigenvalue weighted by atomic mass is 10.1. The third-order valence-corrected chi connectivity index (χ3v) is 3.48. The van der Waals surface area contributed by atoms with Crippen LogP contribution in [0.4, 0.5) is 0 Å². The van der Waals surface area contributed by atoms with Gasteiger partial charge in [0.25, 0.3) is 11.8 Å². The molecule has 0 atom stereocenters. The predicted octanol–water partition coefficient (Wildman–Crippen LogP) is 1.77. The van der Waals surface area contributed by atoms with Gasteiger partial charge in [0.05, 0.1) is 0 Å². The molecule has 7 nitrogen and oxygen atoms in total. The Balaban J connectivity index is 1.73. The number of rotatable bonds is 5. The quantitative estimate of drug-likeness (QED) is 0.904. The Morgan fingerprint density at radius 3 is 2.59 bits per heavy atom. The van der Waals surface area contributed by atoms with Gasteiger partial charge < -0.3 is 14.5 Å². The molecular weight excluding hydrogens is 286 g/mol. The van der Waals surface area contributed by atoms with Gasteiger partial charge in [0, 0.05) is 24.1 Å². The number of hydrogen-bond donors (Lipinski definition) is 1. The van der Waals surface area contributed by atoms with Gasteiger partial charge in [-0.25, -0.2) is 0 Å². The molecule has 3 rings (SSSR count). The molecule has 1 aliphatic carbocycles. The third kappa shape index (κ3) is 2.98. The number of likely N-dealkylation sites (N-methyl/N-ethyl adjacent to an activating group) is 1. The minimum absolute atomic E-state index is 0.338. The average molecular weight is 301 g/mol. The first-order valence-corrected chi connectivity index (χ1v) is 6.96. The predicted molar refractivity (Wildman–Crippen MR) is 76.3 cm³/mol. The summed E-state index contributed by atoms with van der Waals surface area (Å²) in [6.07, 6.45) is 2.20. The van der Waals surface area contributed by atoms with Crippen LogP contribution >= 0.6 is 0 Å². The third-order valence-electron chi connectivity index (χ3n) is 3.48. The maximum absolute atomic E-state index is 12.0. The van der Waals surface area contributed by atoms with Gasteiger partial charge in [-0.1, -0.05) is 5.16 Å². The molecule has 22 heavy (non-hydrogen) atoms. The molecule has 1 saturated carbocycles. The first-order valence-electron chi connectivity index (χ1n) is 6.96. The van der Waals surface area contributed by atoms with E-state index in [0.717, 1.165) is 29.1 Å². The second-order valence-corrected chi connectivity index (χ2v) is 5.36. The fraction of sp³-hybridized carbons (Fsp3) is 0.333. The number of benzene rings is 1. The molecule has 114 valence electrons. The van der Waals surface area contributed by atoms with Crippen molar-refractivity contribution in [2.45, 2.75) is 18.8 Å². The summed E-state index contributed by atoms with van der Waals surface area (Å²) in [7, 11) is 1.45. The molecule has 1 aliphatic rings. The van der Waals surface area contributed by atoms with Crippen LogP contribution < -0.4 is 0 Å². The van der Waals surface area contributed by atoms with Crippen molar-refractivity contribution in [3.8, 4) is 11.5 Å². The Kier molecular flexibility index (Phi) is 3.62. The van der Waals surface area contributed by atoms with Gasteiger partial charge in [0.15, 0.2) is 5.82 Å². The van der Waals surface area contributed by atoms with E-state index in [-0.39, 0.29) is 12.5 Å². The van der Waals surface area contributed by atoms with Crippen LogP contribution in [-0.2, 0) is 4.79 Å². The largest absolute Gasteiger partial charge is 0.480 e. The number of carboxylic acid groups (broad SMARTS) is 1. The number of amides is 1. The molecule has 1 aromatic heterocycles. The van der Waals surface area contributed by atoms with Crippen LogP contribution in [0.3, 0.4) is 0 Å². The van der Waals surface area contributed by atoms with Crippen LogP contribution in [0.1, 0.15) is 34.9 Å². The first kappa shape index (κ1) is 14.2. The van der Waals surface area contributed by atoms with Crippen LogP contribution in [-0.4, -0.2) is 45.6 Å². The zero-order chi connectivity index (χ0) is 15.7. The van der Waals surface area contributed by atoms with E-state index in [1.54, 1.807) is 24.3 Å². The Bertz CT molecular complexity index is 704. The van der Waals surface area contributed by atoms with E-state index in [1.807, 2.05) is 0 Å². The van der Waals surface area contributed by atoms with Crippen molar-refractivity contribution in [1.29, 1.82) is 0 Å². The lowest BCUT2D eigenvalue weighted by Gasteiger charge is -2.14. The number of aromatic nitrogens is 2. The highest BCUT2D eigenvalue weighted by Crippen LogP contribution is 2.38. The lowest BCUT2D eigenvalue weighted by molar-refractivity contribution is -0.137. The molecular formula is C15H15N3O4. The molecule has 2 aromatic rings. The van der Waals surface area contributed by atoms with Crippen LogP contribution in [0.15, 0.2) is 28.8 Å². The Hall–Kier alpha value is -2.70. The number of aliphatic carboxylic acids is 1. The molecule has 0 aliphatic heterocycles. The highest BCUT2D eigenvalue weighted by Gasteiger charge is 2.29. The minimum Gasteiger partial charge on any atom is -0.480 e. The zero-order valence-electron chi connectivity index (χ0n) is 12.0. The fourth-order valence-corrected chi connectivity index (χ4v) is 2.11. The summed E-state index contributed by atoms with van der Waals surface area (Å²) < 4.78 is 5.22. The van der Waals surface area contributed by atoms with E-state index >= 15 is 0 Å². The normalized spacial score (nSPS) is 13.9. The molecule has 1 N–H and O–H groups in total. The van der Waals surface area contributed by atoms with E-state index in [1.165, 1.54) is 7.05 Å². The van der Waals surface area contributed by atoms with Crippen molar-refractivity contribution >= 4 is 11.9 Å². The van der Waals surface area contributed by atoms with Gasteiger partial charge in [0.1, 0.15) is 6.54 Å². The monoisotopic (exact) mass is 301 g/mol. The van der Waals surface area contributed by atoms with Crippen molar-refractivity contribution in [2.24, 2.45) is 0 Å². The topological polar surface area (TPSA) is 96.5 Å². The van der Waals surface area contributed by atoms with E-state index in [4.69, 9.17) is 9.63 Å². The van der Waals surface area contributed by atoms with Crippen molar-refractivity contribution < 1.29 is 19.2 Å². The number of carbonyl (C=O) groups excluding carboxylic acids is 1. The molecule has 1 heterocycles. The van der Waals surface area contributed by atoms with Crippen LogP contribution in [0.5, 0.6) is 0 Å². The summed E-state index contributed by atoms with van der Waals surface area (Å²) in [4.78, 5) is 28.2. The number of carboxylic acids is 1. The Labute approximate surface area is 126 Å². The number of carbonyl (C=O) groups is 2. The van der Waals surface area contributed by atoms with Crippen LogP contribution in [0.25, 0.3) is 11.5 Å². The summed E-state index contributed by atoms with van der Waals surface area (Å²) in [6, 6.07) is 6.67. The molecule has 0 unspecified atom stereocenters. The van der Waals surface area contributed by atoms with Gasteiger partial charge >= 0.3 is 5.97 Å². The molecule has 0 radical (unpaired) electrons. The SMILES string of the molecule is CN(CC(=O)O)C(=O)c1ccc(-c2nc(C3CC3)no2)cc1. The number of hydrogen-bond acceptors (Lipinski definition) is 5. The van der Waals surface area contributed by atoms with Gasteiger partial charge in [-0.3, -0.25) is 9.59 Å². The number of nitrogens with zero attached hydrogens (tertiary/aromatic N) is 3. The molecule has 7 heteroatoms. The van der Waals surface area contributed by atoms with Crippen molar-refractivity contribution in [1.82, 2.24) is 15.0 Å².